The average molecular weight is 269 g/mol. The number of hydrogen-bond acceptors (Lipinski definition) is 4. The Bertz CT molecular complexity index is 430. The summed E-state index contributed by atoms with van der Waals surface area (Å²) in [5.41, 5.74) is 6.53. The fourth-order valence-corrected chi connectivity index (χ4v) is 1.84. The summed E-state index contributed by atoms with van der Waals surface area (Å²) in [5, 5.41) is 8.96. The zero-order chi connectivity index (χ0) is 13.4. The Morgan fingerprint density at radius 1 is 1.44 bits per heavy atom. The first-order chi connectivity index (χ1) is 8.72. The molecule has 0 saturated carbocycles. The van der Waals surface area contributed by atoms with Crippen molar-refractivity contribution in [3.63, 3.8) is 0 Å². The Morgan fingerprint density at radius 2 is 2.22 bits per heavy atom. The summed E-state index contributed by atoms with van der Waals surface area (Å²) in [7, 11) is 1.57. The molecule has 1 aromatic carbocycles. The van der Waals surface area contributed by atoms with Gasteiger partial charge in [0, 0.05) is 6.42 Å². The highest BCUT2D eigenvalue weighted by molar-refractivity contribution is 6.32. The predicted molar refractivity (Wildman–Crippen MR) is 71.1 cm³/mol. The Labute approximate surface area is 112 Å². The number of unbranched alkanes of at least 4 members (excludes halogenated alkanes) is 1. The third kappa shape index (κ3) is 4.10. The number of hydrogen-bond donors (Lipinski definition) is 1. The van der Waals surface area contributed by atoms with Gasteiger partial charge in [-0.15, -0.1) is 0 Å². The van der Waals surface area contributed by atoms with Crippen molar-refractivity contribution in [2.75, 3.05) is 20.3 Å². The molecule has 0 saturated heterocycles. The van der Waals surface area contributed by atoms with Gasteiger partial charge in [0.25, 0.3) is 0 Å². The first-order valence-electron chi connectivity index (χ1n) is 5.79. The number of nitrogens with zero attached hydrogens (tertiary/aromatic N) is 1. The van der Waals surface area contributed by atoms with Gasteiger partial charge in [-0.2, -0.15) is 5.26 Å². The van der Waals surface area contributed by atoms with Crippen molar-refractivity contribution in [2.24, 2.45) is 5.73 Å². The molecule has 0 unspecified atom stereocenters. The first kappa shape index (κ1) is 14.6. The number of methoxy groups -OCH3 is 1. The maximum Gasteiger partial charge on any atom is 0.179 e. The predicted octanol–water partition coefficient (Wildman–Crippen LogP) is 2.53. The SMILES string of the molecule is COc1cc(CCN)cc(Cl)c1OCCCC#N. The highest BCUT2D eigenvalue weighted by Gasteiger charge is 2.11. The number of benzene rings is 1. The minimum absolute atomic E-state index is 0.444. The van der Waals surface area contributed by atoms with E-state index in [0.717, 1.165) is 12.0 Å². The molecule has 5 heteroatoms. The lowest BCUT2D eigenvalue weighted by molar-refractivity contribution is 0.291. The zero-order valence-corrected chi connectivity index (χ0v) is 11.2. The van der Waals surface area contributed by atoms with Crippen LogP contribution in [0.25, 0.3) is 0 Å². The van der Waals surface area contributed by atoms with Crippen LogP contribution in [0.5, 0.6) is 11.5 Å². The van der Waals surface area contributed by atoms with Crippen LogP contribution in [0, 0.1) is 11.3 Å². The van der Waals surface area contributed by atoms with Gasteiger partial charge in [-0.1, -0.05) is 11.6 Å². The van der Waals surface area contributed by atoms with Gasteiger partial charge in [0.15, 0.2) is 11.5 Å². The molecule has 2 N–H and O–H groups in total. The van der Waals surface area contributed by atoms with E-state index in [-0.39, 0.29) is 0 Å². The second kappa shape index (κ2) is 7.80. The van der Waals surface area contributed by atoms with E-state index in [1.165, 1.54) is 0 Å². The number of nitrogens with two attached hydrogens (primary N) is 1. The zero-order valence-electron chi connectivity index (χ0n) is 10.4. The van der Waals surface area contributed by atoms with E-state index in [0.29, 0.717) is 42.5 Å². The molecule has 4 nitrogen and oxygen atoms in total. The largest absolute Gasteiger partial charge is 0.493 e. The number of ether oxygens (including phenoxy) is 2. The number of nitriles is 1. The summed E-state index contributed by atoms with van der Waals surface area (Å²) < 4.78 is 10.8. The van der Waals surface area contributed by atoms with Crippen LogP contribution in [0.3, 0.4) is 0 Å². The van der Waals surface area contributed by atoms with Crippen LogP contribution in [0.2, 0.25) is 5.02 Å². The van der Waals surface area contributed by atoms with Gasteiger partial charge in [0.05, 0.1) is 24.8 Å². The van der Waals surface area contributed by atoms with E-state index in [9.17, 15) is 0 Å². The molecule has 0 aliphatic heterocycles. The van der Waals surface area contributed by atoms with E-state index >= 15 is 0 Å². The van der Waals surface area contributed by atoms with Crippen LogP contribution in [0.4, 0.5) is 0 Å². The smallest absolute Gasteiger partial charge is 0.179 e. The Kier molecular flexibility index (Phi) is 6.34. The van der Waals surface area contributed by atoms with Crippen LogP contribution < -0.4 is 15.2 Å². The summed E-state index contributed by atoms with van der Waals surface area (Å²) in [6, 6.07) is 5.77. The summed E-state index contributed by atoms with van der Waals surface area (Å²) in [6.45, 7) is 1.00. The molecule has 0 aliphatic carbocycles. The molecule has 0 radical (unpaired) electrons. The normalized spacial score (nSPS) is 9.89. The highest BCUT2D eigenvalue weighted by Crippen LogP contribution is 2.36. The standard InChI is InChI=1S/C13H17ClN2O2/c1-17-12-9-10(4-6-16)8-11(14)13(12)18-7-3-2-5-15/h8-9H,2-4,6-7,16H2,1H3. The van der Waals surface area contributed by atoms with Crippen molar-refractivity contribution in [3.05, 3.63) is 22.7 Å². The van der Waals surface area contributed by atoms with Gasteiger partial charge >= 0.3 is 0 Å². The maximum absolute atomic E-state index is 8.45. The topological polar surface area (TPSA) is 68.3 Å². The molecule has 0 heterocycles. The van der Waals surface area contributed by atoms with E-state index in [4.69, 9.17) is 32.1 Å². The number of halogens is 1. The second-order valence-corrected chi connectivity index (χ2v) is 4.17. The summed E-state index contributed by atoms with van der Waals surface area (Å²) >= 11 is 6.15. The molecule has 1 aromatic rings. The minimum Gasteiger partial charge on any atom is -0.493 e. The van der Waals surface area contributed by atoms with Crippen molar-refractivity contribution >= 4 is 11.6 Å². The summed E-state index contributed by atoms with van der Waals surface area (Å²) in [6.07, 6.45) is 1.87. The van der Waals surface area contributed by atoms with E-state index in [2.05, 4.69) is 6.07 Å². The van der Waals surface area contributed by atoms with Crippen LogP contribution in [-0.2, 0) is 6.42 Å². The second-order valence-electron chi connectivity index (χ2n) is 3.76. The summed E-state index contributed by atoms with van der Waals surface area (Å²) in [5.74, 6) is 1.13. The lowest BCUT2D eigenvalue weighted by Crippen LogP contribution is -2.04. The molecular formula is C13H17ClN2O2. The fraction of sp³-hybridized carbons (Fsp3) is 0.462. The van der Waals surface area contributed by atoms with Crippen molar-refractivity contribution in [3.8, 4) is 17.6 Å². The van der Waals surface area contributed by atoms with Crippen molar-refractivity contribution in [2.45, 2.75) is 19.3 Å². The average Bonchev–Trinajstić information content (AvgIpc) is 2.36. The molecule has 18 heavy (non-hydrogen) atoms. The summed E-state index contributed by atoms with van der Waals surface area (Å²) in [4.78, 5) is 0. The van der Waals surface area contributed by atoms with Crippen LogP contribution >= 0.6 is 11.6 Å². The van der Waals surface area contributed by atoms with Crippen LogP contribution in [0.15, 0.2) is 12.1 Å². The number of rotatable bonds is 7. The van der Waals surface area contributed by atoms with Gasteiger partial charge in [0.1, 0.15) is 0 Å². The lowest BCUT2D eigenvalue weighted by Gasteiger charge is -2.13. The molecule has 0 aliphatic rings. The molecule has 0 spiro atoms. The van der Waals surface area contributed by atoms with Gasteiger partial charge in [-0.3, -0.25) is 0 Å². The van der Waals surface area contributed by atoms with Gasteiger partial charge in [-0.05, 0) is 37.1 Å². The Morgan fingerprint density at radius 3 is 2.83 bits per heavy atom. The van der Waals surface area contributed by atoms with Gasteiger partial charge in [0.2, 0.25) is 0 Å². The van der Waals surface area contributed by atoms with Crippen LogP contribution in [-0.4, -0.2) is 20.3 Å². The monoisotopic (exact) mass is 268 g/mol. The van der Waals surface area contributed by atoms with Crippen molar-refractivity contribution < 1.29 is 9.47 Å². The third-order valence-electron chi connectivity index (χ3n) is 2.40. The van der Waals surface area contributed by atoms with Gasteiger partial charge < -0.3 is 15.2 Å². The maximum atomic E-state index is 8.45. The highest BCUT2D eigenvalue weighted by atomic mass is 35.5. The fourth-order valence-electron chi connectivity index (χ4n) is 1.55. The molecule has 0 atom stereocenters. The van der Waals surface area contributed by atoms with Gasteiger partial charge in [-0.25, -0.2) is 0 Å². The van der Waals surface area contributed by atoms with E-state index < -0.39 is 0 Å². The Hall–Kier alpha value is -1.44. The Balaban J connectivity index is 2.80. The molecule has 0 bridgehead atoms. The van der Waals surface area contributed by atoms with E-state index in [1.807, 2.05) is 12.1 Å². The van der Waals surface area contributed by atoms with Crippen molar-refractivity contribution in [1.82, 2.24) is 0 Å². The molecule has 0 amide bonds. The molecule has 1 rings (SSSR count). The van der Waals surface area contributed by atoms with E-state index in [1.54, 1.807) is 7.11 Å². The lowest BCUT2D eigenvalue weighted by atomic mass is 10.1. The minimum atomic E-state index is 0.444. The third-order valence-corrected chi connectivity index (χ3v) is 2.68. The molecule has 0 fully saturated rings. The molecule has 0 aromatic heterocycles. The van der Waals surface area contributed by atoms with Crippen LogP contribution in [0.1, 0.15) is 18.4 Å². The molecule has 98 valence electrons. The molecular weight excluding hydrogens is 252 g/mol. The first-order valence-corrected chi connectivity index (χ1v) is 6.17. The van der Waals surface area contributed by atoms with Crippen molar-refractivity contribution in [1.29, 1.82) is 5.26 Å². The quantitative estimate of drug-likeness (QED) is 0.772.